The summed E-state index contributed by atoms with van der Waals surface area (Å²) < 4.78 is 133. The van der Waals surface area contributed by atoms with E-state index in [-0.39, 0.29) is 39.3 Å². The Morgan fingerprint density at radius 1 is 0.424 bits per heavy atom. The maximum absolute atomic E-state index is 14.4. The minimum absolute atomic E-state index is 0.00365. The van der Waals surface area contributed by atoms with E-state index >= 15 is 0 Å². The van der Waals surface area contributed by atoms with Crippen LogP contribution >= 0.6 is 0 Å². The number of pyridine rings is 1. The summed E-state index contributed by atoms with van der Waals surface area (Å²) in [7, 11) is 0. The lowest BCUT2D eigenvalue weighted by Gasteiger charge is -2.20. The van der Waals surface area contributed by atoms with Gasteiger partial charge in [-0.15, -0.1) is 0 Å². The molecule has 4 aromatic heterocycles. The van der Waals surface area contributed by atoms with Crippen LogP contribution in [0.15, 0.2) is 134 Å². The molecule has 0 bridgehead atoms. The van der Waals surface area contributed by atoms with Crippen LogP contribution in [0.4, 0.5) is 39.5 Å². The minimum atomic E-state index is -4.80. The van der Waals surface area contributed by atoms with Gasteiger partial charge in [0.1, 0.15) is 17.3 Å². The Bertz CT molecular complexity index is 3430. The fourth-order valence-electron chi connectivity index (χ4n) is 8.31. The van der Waals surface area contributed by atoms with Gasteiger partial charge in [-0.05, 0) is 54.6 Å². The lowest BCUT2D eigenvalue weighted by Crippen LogP contribution is -2.12. The van der Waals surface area contributed by atoms with Gasteiger partial charge < -0.3 is 9.13 Å². The minimum Gasteiger partial charge on any atom is -0.306 e. The molecule has 0 N–H and O–H groups in total. The summed E-state index contributed by atoms with van der Waals surface area (Å²) in [5.41, 5.74) is -2.13. The molecular formula is C45H22F9N5. The molecule has 10 rings (SSSR count). The second-order valence-electron chi connectivity index (χ2n) is 14.0. The number of aromatic nitrogens is 4. The van der Waals surface area contributed by atoms with Crippen molar-refractivity contribution in [1.29, 1.82) is 5.26 Å². The molecule has 4 heterocycles. The van der Waals surface area contributed by atoms with Gasteiger partial charge in [-0.2, -0.15) is 44.8 Å². The molecule has 5 nitrogen and oxygen atoms in total. The van der Waals surface area contributed by atoms with Crippen molar-refractivity contribution in [3.63, 3.8) is 0 Å². The lowest BCUT2D eigenvalue weighted by molar-refractivity contribution is -0.138. The van der Waals surface area contributed by atoms with Crippen molar-refractivity contribution in [3.8, 4) is 23.3 Å². The van der Waals surface area contributed by atoms with Crippen LogP contribution in [-0.4, -0.2) is 18.7 Å². The zero-order valence-electron chi connectivity index (χ0n) is 29.8. The summed E-state index contributed by atoms with van der Waals surface area (Å²) in [4.78, 5) is 4.85. The Hall–Kier alpha value is -7.27. The largest absolute Gasteiger partial charge is 0.416 e. The number of para-hydroxylation sites is 3. The first kappa shape index (κ1) is 36.1. The molecule has 0 aliphatic rings. The number of halogens is 9. The third kappa shape index (κ3) is 5.37. The highest BCUT2D eigenvalue weighted by Gasteiger charge is 2.35. The number of nitriles is 1. The average Bonchev–Trinajstić information content (AvgIpc) is 3.84. The van der Waals surface area contributed by atoms with Crippen molar-refractivity contribution in [2.75, 3.05) is 0 Å². The van der Waals surface area contributed by atoms with E-state index in [0.717, 1.165) is 36.4 Å². The summed E-state index contributed by atoms with van der Waals surface area (Å²) in [5.74, 6) is -0.118. The zero-order valence-corrected chi connectivity index (χ0v) is 29.8. The van der Waals surface area contributed by atoms with Gasteiger partial charge in [0.05, 0.1) is 61.7 Å². The first-order valence-corrected chi connectivity index (χ1v) is 17.9. The van der Waals surface area contributed by atoms with Crippen molar-refractivity contribution in [3.05, 3.63) is 156 Å². The van der Waals surface area contributed by atoms with Gasteiger partial charge in [-0.25, -0.2) is 4.98 Å². The molecule has 59 heavy (non-hydrogen) atoms. The van der Waals surface area contributed by atoms with Gasteiger partial charge in [-0.1, -0.05) is 72.8 Å². The van der Waals surface area contributed by atoms with E-state index in [1.165, 1.54) is 38.1 Å². The first-order valence-electron chi connectivity index (χ1n) is 17.9. The molecule has 14 heteroatoms. The van der Waals surface area contributed by atoms with Crippen molar-refractivity contribution in [2.45, 2.75) is 18.5 Å². The summed E-state index contributed by atoms with van der Waals surface area (Å²) >= 11 is 0. The standard InChI is InChI=1S/C45H22F9N5/c46-43(47,48)24-13-16-30-27-7-1-4-10-34(27)57(37(30)19-24)40-23-56-42(59-36-12-6-3-9-29(36)32-18-15-26(21-39(32)59)45(52,53)54)41(33(40)22-55)58-35-11-5-2-8-28(35)31-17-14-25(20-38(31)58)44(49,50)51/h1-21,23H. The number of benzene rings is 6. The van der Waals surface area contributed by atoms with Gasteiger partial charge in [-0.3, -0.25) is 4.57 Å². The smallest absolute Gasteiger partial charge is 0.306 e. The van der Waals surface area contributed by atoms with E-state index in [1.807, 2.05) is 0 Å². The molecule has 0 unspecified atom stereocenters. The fourth-order valence-corrected chi connectivity index (χ4v) is 8.31. The van der Waals surface area contributed by atoms with Gasteiger partial charge in [0, 0.05) is 32.3 Å². The molecule has 0 aliphatic heterocycles. The van der Waals surface area contributed by atoms with Crippen LogP contribution in [0.25, 0.3) is 82.6 Å². The molecule has 0 saturated carbocycles. The van der Waals surface area contributed by atoms with Gasteiger partial charge in [0.15, 0.2) is 5.82 Å². The van der Waals surface area contributed by atoms with E-state index < -0.39 is 35.2 Å². The predicted molar refractivity (Wildman–Crippen MR) is 207 cm³/mol. The number of hydrogen-bond acceptors (Lipinski definition) is 2. The predicted octanol–water partition coefficient (Wildman–Crippen LogP) is 13.3. The molecular weight excluding hydrogens is 782 g/mol. The average molecular weight is 804 g/mol. The second-order valence-corrected chi connectivity index (χ2v) is 14.0. The number of fused-ring (bicyclic) bond motifs is 9. The van der Waals surface area contributed by atoms with Crippen LogP contribution in [0.1, 0.15) is 22.3 Å². The molecule has 6 aromatic carbocycles. The zero-order chi connectivity index (χ0) is 41.2. The highest BCUT2D eigenvalue weighted by atomic mass is 19.4. The highest BCUT2D eigenvalue weighted by molar-refractivity contribution is 6.13. The summed E-state index contributed by atoms with van der Waals surface area (Å²) in [6.45, 7) is 0. The molecule has 0 aliphatic carbocycles. The van der Waals surface area contributed by atoms with Crippen LogP contribution in [0.3, 0.4) is 0 Å². The molecule has 10 aromatic rings. The molecule has 290 valence electrons. The third-order valence-corrected chi connectivity index (χ3v) is 10.8. The maximum atomic E-state index is 14.4. The van der Waals surface area contributed by atoms with Crippen molar-refractivity contribution < 1.29 is 39.5 Å². The molecule has 0 spiro atoms. The van der Waals surface area contributed by atoms with E-state index in [4.69, 9.17) is 4.98 Å². The molecule has 0 atom stereocenters. The van der Waals surface area contributed by atoms with Crippen LogP contribution in [0, 0.1) is 11.3 Å². The molecule has 0 radical (unpaired) electrons. The van der Waals surface area contributed by atoms with Crippen molar-refractivity contribution >= 4 is 65.4 Å². The molecule has 0 saturated heterocycles. The Morgan fingerprint density at radius 2 is 0.780 bits per heavy atom. The van der Waals surface area contributed by atoms with Crippen LogP contribution in [0.2, 0.25) is 0 Å². The van der Waals surface area contributed by atoms with Gasteiger partial charge >= 0.3 is 18.5 Å². The topological polar surface area (TPSA) is 51.5 Å². The summed E-state index contributed by atoms with van der Waals surface area (Å²) in [6.07, 6.45) is -13.0. The molecule has 0 fully saturated rings. The van der Waals surface area contributed by atoms with Crippen LogP contribution < -0.4 is 0 Å². The highest BCUT2D eigenvalue weighted by Crippen LogP contribution is 2.44. The second kappa shape index (κ2) is 12.4. The molecule has 0 amide bonds. The normalized spacial score (nSPS) is 12.8. The summed E-state index contributed by atoms with van der Waals surface area (Å²) in [5, 5.41) is 14.1. The van der Waals surface area contributed by atoms with E-state index in [0.29, 0.717) is 48.9 Å². The Balaban J connectivity index is 1.43. The number of hydrogen-bond donors (Lipinski definition) is 0. The Morgan fingerprint density at radius 3 is 1.20 bits per heavy atom. The Kier molecular flexibility index (Phi) is 7.56. The van der Waals surface area contributed by atoms with E-state index in [9.17, 15) is 44.8 Å². The van der Waals surface area contributed by atoms with Crippen LogP contribution in [0.5, 0.6) is 0 Å². The quantitative estimate of drug-likeness (QED) is 0.167. The summed E-state index contributed by atoms with van der Waals surface area (Å²) in [6, 6.07) is 31.9. The van der Waals surface area contributed by atoms with Gasteiger partial charge in [0.25, 0.3) is 0 Å². The van der Waals surface area contributed by atoms with Gasteiger partial charge in [0.2, 0.25) is 0 Å². The number of nitrogens with zero attached hydrogens (tertiary/aromatic N) is 5. The van der Waals surface area contributed by atoms with E-state index in [2.05, 4.69) is 6.07 Å². The van der Waals surface area contributed by atoms with Crippen molar-refractivity contribution in [2.24, 2.45) is 0 Å². The Labute approximate surface area is 326 Å². The number of alkyl halides is 9. The monoisotopic (exact) mass is 803 g/mol. The maximum Gasteiger partial charge on any atom is 0.416 e. The van der Waals surface area contributed by atoms with Crippen LogP contribution in [-0.2, 0) is 18.5 Å². The third-order valence-electron chi connectivity index (χ3n) is 10.8. The fraction of sp³-hybridized carbons (Fsp3) is 0.0667. The SMILES string of the molecule is N#Cc1c(-n2c3ccccc3c3ccc(C(F)(F)F)cc32)cnc(-n2c3ccccc3c3ccc(C(F)(F)F)cc32)c1-n1c2ccccc2c2ccc(C(F)(F)F)cc21. The van der Waals surface area contributed by atoms with E-state index in [1.54, 1.807) is 72.8 Å². The van der Waals surface area contributed by atoms with Crippen molar-refractivity contribution in [1.82, 2.24) is 18.7 Å². The number of rotatable bonds is 3. The first-order chi connectivity index (χ1) is 28.1. The lowest BCUT2D eigenvalue weighted by atomic mass is 10.1.